The molecule has 0 bridgehead atoms. The van der Waals surface area contributed by atoms with E-state index in [0.717, 1.165) is 32.1 Å². The first-order chi connectivity index (χ1) is 18.9. The number of hydrogen-bond donors (Lipinski definition) is 1. The third-order valence-corrected chi connectivity index (χ3v) is 18.5. The van der Waals surface area contributed by atoms with Gasteiger partial charge in [-0.3, -0.25) is 0 Å². The highest BCUT2D eigenvalue weighted by Crippen LogP contribution is 2.39. The molecule has 0 fully saturated rings. The van der Waals surface area contributed by atoms with Gasteiger partial charge in [0.2, 0.25) is 0 Å². The van der Waals surface area contributed by atoms with E-state index in [9.17, 15) is 9.90 Å². The Kier molecular flexibility index (Phi) is 13.9. The Morgan fingerprint density at radius 2 is 1.70 bits per heavy atom. The number of carboxylic acids is 1. The molecule has 4 nitrogen and oxygen atoms in total. The number of aryl methyl sites for hydroxylation is 1. The number of benzene rings is 1. The lowest BCUT2D eigenvalue weighted by molar-refractivity contribution is -0.143. The highest BCUT2D eigenvalue weighted by Gasteiger charge is 2.40. The topological polar surface area (TPSA) is 55.8 Å². The van der Waals surface area contributed by atoms with Crippen molar-refractivity contribution >= 4 is 22.6 Å². The van der Waals surface area contributed by atoms with Gasteiger partial charge in [0.05, 0.1) is 6.10 Å². The Morgan fingerprint density at radius 1 is 1.07 bits per heavy atom. The first kappa shape index (κ1) is 34.5. The second kappa shape index (κ2) is 16.1. The zero-order valence-electron chi connectivity index (χ0n) is 26.6. The van der Waals surface area contributed by atoms with Crippen LogP contribution in [0.2, 0.25) is 36.3 Å². The molecule has 0 spiro atoms. The standard InChI is InChI=1S/C34H56O4Si2/c1-9-40(10-2,11-3)38-31-27-26-29(23-19-18-22-28-20-14-12-15-21-28)30(31)24-16-13-17-25-32(33(35)36)37-39(7,8)34(4,5)6/h12-15,20-21,25-26,30-32H,9-11,16,18-19,22-24,27H2,1-8H3,(H,35,36)/t17?,30-,31+,32?/m1/s1. The van der Waals surface area contributed by atoms with Gasteiger partial charge in [0.1, 0.15) is 0 Å². The molecule has 3 atom stereocenters. The highest BCUT2D eigenvalue weighted by molar-refractivity contribution is 6.74. The van der Waals surface area contributed by atoms with Gasteiger partial charge in [-0.05, 0) is 98.9 Å². The third-order valence-electron chi connectivity index (χ3n) is 9.35. The van der Waals surface area contributed by atoms with E-state index in [4.69, 9.17) is 8.85 Å². The van der Waals surface area contributed by atoms with Gasteiger partial charge in [-0.15, -0.1) is 5.73 Å². The molecule has 1 aromatic carbocycles. The van der Waals surface area contributed by atoms with Crippen LogP contribution < -0.4 is 0 Å². The van der Waals surface area contributed by atoms with Crippen molar-refractivity contribution in [1.29, 1.82) is 0 Å². The number of unbranched alkanes of at least 4 members (excludes halogenated alkanes) is 1. The van der Waals surface area contributed by atoms with Crippen LogP contribution in [0, 0.1) is 5.92 Å². The molecule has 1 unspecified atom stereocenters. The summed E-state index contributed by atoms with van der Waals surface area (Å²) in [6.45, 7) is 17.5. The molecule has 0 aliphatic heterocycles. The van der Waals surface area contributed by atoms with E-state index in [1.54, 1.807) is 11.6 Å². The molecule has 40 heavy (non-hydrogen) atoms. The summed E-state index contributed by atoms with van der Waals surface area (Å²) in [6, 6.07) is 14.3. The van der Waals surface area contributed by atoms with Crippen LogP contribution >= 0.6 is 0 Å². The molecule has 0 saturated heterocycles. The Balaban J connectivity index is 2.06. The third kappa shape index (κ3) is 10.3. The SMILES string of the molecule is CC[Si](CC)(CC)O[C@H]1CC=C(CCCCc2ccccc2)[C@H]1CCC=C=CC(O[Si](C)(C)C(C)(C)C)C(=O)O. The fourth-order valence-corrected chi connectivity index (χ4v) is 9.45. The van der Waals surface area contributed by atoms with Crippen molar-refractivity contribution in [3.8, 4) is 0 Å². The maximum atomic E-state index is 11.9. The predicted octanol–water partition coefficient (Wildman–Crippen LogP) is 9.70. The van der Waals surface area contributed by atoms with Crippen molar-refractivity contribution < 1.29 is 18.8 Å². The zero-order valence-corrected chi connectivity index (χ0v) is 28.6. The smallest absolute Gasteiger partial charge is 0.336 e. The van der Waals surface area contributed by atoms with Crippen LogP contribution in [0.3, 0.4) is 0 Å². The minimum absolute atomic E-state index is 0.0480. The van der Waals surface area contributed by atoms with Crippen LogP contribution in [0.1, 0.15) is 85.6 Å². The quantitative estimate of drug-likeness (QED) is 0.0857. The van der Waals surface area contributed by atoms with E-state index in [1.165, 1.54) is 36.5 Å². The van der Waals surface area contributed by atoms with Gasteiger partial charge >= 0.3 is 5.97 Å². The number of aliphatic carboxylic acids is 1. The molecule has 0 saturated carbocycles. The van der Waals surface area contributed by atoms with Gasteiger partial charge in [0, 0.05) is 5.92 Å². The maximum Gasteiger partial charge on any atom is 0.336 e. The lowest BCUT2D eigenvalue weighted by Gasteiger charge is -2.37. The Hall–Kier alpha value is -1.70. The molecular weight excluding hydrogens is 529 g/mol. The van der Waals surface area contributed by atoms with Crippen LogP contribution in [0.4, 0.5) is 0 Å². The van der Waals surface area contributed by atoms with Crippen LogP contribution in [-0.4, -0.2) is 39.9 Å². The minimum Gasteiger partial charge on any atom is -0.479 e. The van der Waals surface area contributed by atoms with Crippen molar-refractivity contribution in [3.05, 3.63) is 65.4 Å². The van der Waals surface area contributed by atoms with Gasteiger partial charge in [0.25, 0.3) is 0 Å². The average Bonchev–Trinajstić information content (AvgIpc) is 3.29. The fraction of sp³-hybridized carbons (Fsp3) is 0.647. The molecular formula is C34H56O4Si2. The van der Waals surface area contributed by atoms with Crippen LogP contribution in [0.15, 0.2) is 59.9 Å². The van der Waals surface area contributed by atoms with E-state index in [2.05, 4.69) is 96.8 Å². The molecule has 2 rings (SSSR count). The Morgan fingerprint density at radius 3 is 2.27 bits per heavy atom. The Labute approximate surface area is 247 Å². The lowest BCUT2D eigenvalue weighted by Crippen LogP contribution is -2.45. The van der Waals surface area contributed by atoms with Crippen molar-refractivity contribution in [2.75, 3.05) is 0 Å². The molecule has 0 aromatic heterocycles. The molecule has 1 N–H and O–H groups in total. The first-order valence-corrected chi connectivity index (χ1v) is 21.0. The summed E-state index contributed by atoms with van der Waals surface area (Å²) in [7, 11) is -3.90. The maximum absolute atomic E-state index is 11.9. The van der Waals surface area contributed by atoms with Crippen LogP contribution in [0.25, 0.3) is 0 Å². The summed E-state index contributed by atoms with van der Waals surface area (Å²) in [5, 5.41) is 9.70. The van der Waals surface area contributed by atoms with E-state index in [1.807, 2.05) is 6.08 Å². The predicted molar refractivity (Wildman–Crippen MR) is 174 cm³/mol. The summed E-state index contributed by atoms with van der Waals surface area (Å²) in [6.07, 6.45) is 12.9. The van der Waals surface area contributed by atoms with Gasteiger partial charge in [-0.1, -0.05) is 83.5 Å². The average molecular weight is 585 g/mol. The first-order valence-electron chi connectivity index (χ1n) is 15.6. The molecule has 1 aromatic rings. The molecule has 1 aliphatic carbocycles. The largest absolute Gasteiger partial charge is 0.479 e. The number of carbonyl (C=O) groups is 1. The van der Waals surface area contributed by atoms with Crippen molar-refractivity contribution in [2.45, 2.75) is 135 Å². The van der Waals surface area contributed by atoms with E-state index >= 15 is 0 Å². The fourth-order valence-electron chi connectivity index (χ4n) is 5.39. The second-order valence-electron chi connectivity index (χ2n) is 13.0. The monoisotopic (exact) mass is 584 g/mol. The minimum atomic E-state index is -2.20. The molecule has 0 heterocycles. The zero-order chi connectivity index (χ0) is 29.8. The molecule has 224 valence electrons. The summed E-state index contributed by atoms with van der Waals surface area (Å²) >= 11 is 0. The lowest BCUT2D eigenvalue weighted by atomic mass is 9.90. The Bertz CT molecular complexity index is 990. The van der Waals surface area contributed by atoms with Crippen molar-refractivity contribution in [2.24, 2.45) is 5.92 Å². The normalized spacial score (nSPS) is 18.6. The van der Waals surface area contributed by atoms with Crippen LogP contribution in [0.5, 0.6) is 0 Å². The number of carboxylic acid groups (broad SMARTS) is 1. The van der Waals surface area contributed by atoms with Crippen molar-refractivity contribution in [3.63, 3.8) is 0 Å². The summed E-state index contributed by atoms with van der Waals surface area (Å²) in [5.41, 5.74) is 6.14. The number of rotatable bonds is 17. The van der Waals surface area contributed by atoms with Crippen LogP contribution in [-0.2, 0) is 20.1 Å². The van der Waals surface area contributed by atoms with Crippen molar-refractivity contribution in [1.82, 2.24) is 0 Å². The molecule has 0 amide bonds. The summed E-state index contributed by atoms with van der Waals surface area (Å²) in [4.78, 5) is 11.9. The van der Waals surface area contributed by atoms with Gasteiger partial charge in [-0.25, -0.2) is 4.79 Å². The van der Waals surface area contributed by atoms with Gasteiger partial charge < -0.3 is 14.0 Å². The van der Waals surface area contributed by atoms with E-state index in [0.29, 0.717) is 5.92 Å². The molecule has 6 heteroatoms. The number of hydrogen-bond acceptors (Lipinski definition) is 3. The second-order valence-corrected chi connectivity index (χ2v) is 22.4. The molecule has 1 aliphatic rings. The van der Waals surface area contributed by atoms with Gasteiger partial charge in [-0.2, -0.15) is 0 Å². The highest BCUT2D eigenvalue weighted by atomic mass is 28.4. The van der Waals surface area contributed by atoms with E-state index in [-0.39, 0.29) is 11.1 Å². The molecule has 0 radical (unpaired) electrons. The summed E-state index contributed by atoms with van der Waals surface area (Å²) < 4.78 is 13.2. The van der Waals surface area contributed by atoms with Gasteiger partial charge in [0.15, 0.2) is 22.7 Å². The summed E-state index contributed by atoms with van der Waals surface area (Å²) in [5.74, 6) is -0.513. The van der Waals surface area contributed by atoms with E-state index < -0.39 is 28.7 Å².